The SMILES string of the molecule is C[C@@H]1O[C@H](O[C@H]2[C@H](Oc3cc(O)c4c(=O)cc(-c5ccc(O)c(O)c5)oc4c3)O[C@H](CO)[C@@H](O)[C@@H]2O)[C@@H](O)[C@H](O)[C@H]1O. The van der Waals surface area contributed by atoms with Gasteiger partial charge in [-0.05, 0) is 25.1 Å². The van der Waals surface area contributed by atoms with Gasteiger partial charge in [0.25, 0.3) is 0 Å². The van der Waals surface area contributed by atoms with Gasteiger partial charge in [-0.25, -0.2) is 0 Å². The molecule has 42 heavy (non-hydrogen) atoms. The first kappa shape index (κ1) is 30.0. The van der Waals surface area contributed by atoms with E-state index in [0.29, 0.717) is 0 Å². The number of aliphatic hydroxyl groups is 6. The lowest BCUT2D eigenvalue weighted by Gasteiger charge is -2.45. The maximum Gasteiger partial charge on any atom is 0.229 e. The zero-order valence-electron chi connectivity index (χ0n) is 21.9. The van der Waals surface area contributed by atoms with Crippen molar-refractivity contribution in [2.75, 3.05) is 6.61 Å². The second-order valence-electron chi connectivity index (χ2n) is 10.1. The summed E-state index contributed by atoms with van der Waals surface area (Å²) in [6, 6.07) is 7.08. The Balaban J connectivity index is 1.48. The summed E-state index contributed by atoms with van der Waals surface area (Å²) >= 11 is 0. The monoisotopic (exact) mass is 594 g/mol. The third-order valence-corrected chi connectivity index (χ3v) is 7.22. The molecule has 0 spiro atoms. The Kier molecular flexibility index (Phi) is 8.30. The Hall–Kier alpha value is -3.51. The molecule has 0 unspecified atom stereocenters. The lowest BCUT2D eigenvalue weighted by molar-refractivity contribution is -0.354. The Morgan fingerprint density at radius 2 is 1.52 bits per heavy atom. The topological polar surface area (TPSA) is 249 Å². The number of ether oxygens (including phenoxy) is 4. The third kappa shape index (κ3) is 5.49. The normalized spacial score (nSPS) is 33.5. The lowest BCUT2D eigenvalue weighted by atomic mass is 9.97. The van der Waals surface area contributed by atoms with Gasteiger partial charge < -0.3 is 69.3 Å². The van der Waals surface area contributed by atoms with Crippen molar-refractivity contribution < 1.29 is 69.3 Å². The predicted octanol–water partition coefficient (Wildman–Crippen LogP) is -1.39. The van der Waals surface area contributed by atoms with Gasteiger partial charge in [-0.15, -0.1) is 0 Å². The van der Waals surface area contributed by atoms with Crippen LogP contribution in [0.2, 0.25) is 0 Å². The molecule has 15 nitrogen and oxygen atoms in total. The minimum atomic E-state index is -1.78. The fraction of sp³-hybridized carbons (Fsp3) is 0.444. The Morgan fingerprint density at radius 3 is 2.21 bits per heavy atom. The maximum absolute atomic E-state index is 12.8. The van der Waals surface area contributed by atoms with Crippen LogP contribution < -0.4 is 10.2 Å². The van der Waals surface area contributed by atoms with E-state index in [1.807, 2.05) is 0 Å². The van der Waals surface area contributed by atoms with Crippen LogP contribution in [0.25, 0.3) is 22.3 Å². The molecule has 2 aromatic carbocycles. The highest BCUT2D eigenvalue weighted by Gasteiger charge is 2.50. The summed E-state index contributed by atoms with van der Waals surface area (Å²) in [5.74, 6) is -1.60. The predicted molar refractivity (Wildman–Crippen MR) is 139 cm³/mol. The number of hydrogen-bond donors (Lipinski definition) is 9. The molecule has 2 saturated heterocycles. The molecule has 0 radical (unpaired) electrons. The average molecular weight is 595 g/mol. The number of hydrogen-bond acceptors (Lipinski definition) is 15. The van der Waals surface area contributed by atoms with Crippen LogP contribution in [0.4, 0.5) is 0 Å². The lowest BCUT2D eigenvalue weighted by Crippen LogP contribution is -2.64. The van der Waals surface area contributed by atoms with Gasteiger partial charge in [0.1, 0.15) is 64.9 Å². The molecule has 0 saturated carbocycles. The van der Waals surface area contributed by atoms with E-state index in [0.717, 1.165) is 18.2 Å². The molecular weight excluding hydrogens is 564 g/mol. The van der Waals surface area contributed by atoms with Crippen molar-refractivity contribution in [2.45, 2.75) is 68.3 Å². The Labute approximate surface area is 236 Å². The van der Waals surface area contributed by atoms with Crippen LogP contribution in [0.15, 0.2) is 45.6 Å². The van der Waals surface area contributed by atoms with E-state index in [1.54, 1.807) is 0 Å². The first-order valence-corrected chi connectivity index (χ1v) is 12.9. The zero-order chi connectivity index (χ0) is 30.5. The molecule has 2 aliphatic rings. The van der Waals surface area contributed by atoms with Gasteiger partial charge in [0.2, 0.25) is 6.29 Å². The summed E-state index contributed by atoms with van der Waals surface area (Å²) in [4.78, 5) is 12.8. The standard InChI is InChI=1S/C27H30O15/c1-9-20(33)22(35)24(37)26(38-9)42-25-23(36)21(34)18(8-28)41-27(25)39-11-5-14(31)19-15(32)7-16(40-17(19)6-11)10-2-3-12(29)13(30)4-10/h2-7,9,18,20-31,33-37H,8H2,1H3/t9-,18+,20-,21+,22+,23-,24-,25+,26+,27+/m0/s1. The van der Waals surface area contributed by atoms with E-state index in [1.165, 1.54) is 25.1 Å². The third-order valence-electron chi connectivity index (χ3n) is 7.22. The molecule has 10 atom stereocenters. The zero-order valence-corrected chi connectivity index (χ0v) is 21.9. The highest BCUT2D eigenvalue weighted by molar-refractivity contribution is 5.86. The number of benzene rings is 2. The second-order valence-corrected chi connectivity index (χ2v) is 10.1. The Bertz CT molecular complexity index is 1490. The van der Waals surface area contributed by atoms with Crippen molar-refractivity contribution in [1.29, 1.82) is 0 Å². The molecule has 2 aliphatic heterocycles. The van der Waals surface area contributed by atoms with Gasteiger partial charge in [0.05, 0.1) is 12.7 Å². The summed E-state index contributed by atoms with van der Waals surface area (Å²) in [6.07, 6.45) is -15.5. The second kappa shape index (κ2) is 11.6. The van der Waals surface area contributed by atoms with Crippen LogP contribution in [0.5, 0.6) is 23.0 Å². The first-order valence-electron chi connectivity index (χ1n) is 12.9. The molecule has 2 fully saturated rings. The maximum atomic E-state index is 12.8. The van der Waals surface area contributed by atoms with Crippen LogP contribution in [-0.2, 0) is 14.2 Å². The van der Waals surface area contributed by atoms with Crippen molar-refractivity contribution in [3.63, 3.8) is 0 Å². The number of phenols is 3. The van der Waals surface area contributed by atoms with Gasteiger partial charge in [-0.3, -0.25) is 4.79 Å². The van der Waals surface area contributed by atoms with E-state index in [2.05, 4.69) is 0 Å². The fourth-order valence-corrected chi connectivity index (χ4v) is 4.84. The van der Waals surface area contributed by atoms with Crippen molar-refractivity contribution in [3.05, 3.63) is 46.6 Å². The van der Waals surface area contributed by atoms with Crippen LogP contribution in [0.1, 0.15) is 6.92 Å². The van der Waals surface area contributed by atoms with Gasteiger partial charge in [-0.1, -0.05) is 0 Å². The molecule has 9 N–H and O–H groups in total. The number of fused-ring (bicyclic) bond motifs is 1. The summed E-state index contributed by atoms with van der Waals surface area (Å²) in [5, 5.41) is 91.2. The van der Waals surface area contributed by atoms with E-state index in [9.17, 15) is 50.8 Å². The van der Waals surface area contributed by atoms with Crippen LogP contribution in [0, 0.1) is 0 Å². The molecule has 15 heteroatoms. The van der Waals surface area contributed by atoms with Gasteiger partial charge in [0.15, 0.2) is 29.3 Å². The summed E-state index contributed by atoms with van der Waals surface area (Å²) < 4.78 is 28.3. The van der Waals surface area contributed by atoms with Crippen LogP contribution in [-0.4, -0.2) is 114 Å². The highest BCUT2D eigenvalue weighted by Crippen LogP contribution is 2.36. The largest absolute Gasteiger partial charge is 0.507 e. The van der Waals surface area contributed by atoms with E-state index < -0.39 is 84.9 Å². The molecule has 3 heterocycles. The van der Waals surface area contributed by atoms with Crippen molar-refractivity contribution in [1.82, 2.24) is 0 Å². The van der Waals surface area contributed by atoms with Gasteiger partial charge in [0, 0.05) is 23.8 Å². The van der Waals surface area contributed by atoms with Gasteiger partial charge >= 0.3 is 0 Å². The smallest absolute Gasteiger partial charge is 0.229 e. The summed E-state index contributed by atoms with van der Waals surface area (Å²) in [7, 11) is 0. The number of aromatic hydroxyl groups is 3. The Morgan fingerprint density at radius 1 is 0.786 bits per heavy atom. The fourth-order valence-electron chi connectivity index (χ4n) is 4.84. The number of phenolic OH excluding ortho intramolecular Hbond substituents is 3. The van der Waals surface area contributed by atoms with Crippen molar-refractivity contribution >= 4 is 11.0 Å². The molecular formula is C27H30O15. The first-order chi connectivity index (χ1) is 19.9. The van der Waals surface area contributed by atoms with E-state index >= 15 is 0 Å². The summed E-state index contributed by atoms with van der Waals surface area (Å²) in [6.45, 7) is 0.671. The quantitative estimate of drug-likeness (QED) is 0.149. The minimum absolute atomic E-state index is 0.0216. The molecule has 0 aliphatic carbocycles. The van der Waals surface area contributed by atoms with Gasteiger partial charge in [-0.2, -0.15) is 0 Å². The molecule has 228 valence electrons. The van der Waals surface area contributed by atoms with Crippen LogP contribution in [0.3, 0.4) is 0 Å². The summed E-state index contributed by atoms with van der Waals surface area (Å²) in [5.41, 5.74) is -0.575. The molecule has 5 rings (SSSR count). The average Bonchev–Trinajstić information content (AvgIpc) is 2.95. The molecule has 0 bridgehead atoms. The molecule has 0 amide bonds. The minimum Gasteiger partial charge on any atom is -0.507 e. The van der Waals surface area contributed by atoms with Crippen LogP contribution >= 0.6 is 0 Å². The number of rotatable bonds is 6. The van der Waals surface area contributed by atoms with E-state index in [4.69, 9.17) is 23.4 Å². The number of aliphatic hydroxyl groups excluding tert-OH is 6. The highest BCUT2D eigenvalue weighted by atomic mass is 16.8. The van der Waals surface area contributed by atoms with E-state index in [-0.39, 0.29) is 33.8 Å². The van der Waals surface area contributed by atoms with Crippen molar-refractivity contribution in [2.24, 2.45) is 0 Å². The molecule has 3 aromatic rings. The van der Waals surface area contributed by atoms with Crippen molar-refractivity contribution in [3.8, 4) is 34.3 Å². The molecule has 1 aromatic heterocycles.